The average Bonchev–Trinajstić information content (AvgIpc) is 3.11. The Bertz CT molecular complexity index is 1130. The molecule has 5 rings (SSSR count). The van der Waals surface area contributed by atoms with Gasteiger partial charge in [0.2, 0.25) is 0 Å². The molecule has 1 aliphatic heterocycles. The maximum Gasteiger partial charge on any atom is 0.259 e. The molecule has 1 N–H and O–H groups in total. The molecule has 2 atom stereocenters. The van der Waals surface area contributed by atoms with Gasteiger partial charge in [-0.15, -0.1) is 11.3 Å². The van der Waals surface area contributed by atoms with E-state index >= 15 is 0 Å². The Morgan fingerprint density at radius 1 is 1.24 bits per heavy atom. The molecule has 0 saturated heterocycles. The topological polar surface area (TPSA) is 49.0 Å². The second kappa shape index (κ2) is 7.54. The van der Waals surface area contributed by atoms with Crippen LogP contribution in [0.25, 0.3) is 15.8 Å². The van der Waals surface area contributed by atoms with Crippen LogP contribution >= 0.6 is 11.3 Å². The van der Waals surface area contributed by atoms with E-state index in [2.05, 4.69) is 60.1 Å². The van der Waals surface area contributed by atoms with Crippen molar-refractivity contribution in [2.75, 3.05) is 13.1 Å². The van der Waals surface area contributed by atoms with Gasteiger partial charge in [-0.3, -0.25) is 9.69 Å². The van der Waals surface area contributed by atoms with Gasteiger partial charge in [-0.1, -0.05) is 43.3 Å². The van der Waals surface area contributed by atoms with Gasteiger partial charge in [-0.25, -0.2) is 4.98 Å². The molecule has 1 aliphatic carbocycles. The largest absolute Gasteiger partial charge is 0.309 e. The molecule has 150 valence electrons. The third-order valence-corrected chi connectivity index (χ3v) is 7.66. The first-order chi connectivity index (χ1) is 14.1. The van der Waals surface area contributed by atoms with Gasteiger partial charge >= 0.3 is 0 Å². The van der Waals surface area contributed by atoms with Gasteiger partial charge in [-0.2, -0.15) is 0 Å². The molecule has 0 saturated carbocycles. The number of hydrogen-bond acceptors (Lipinski definition) is 4. The second-order valence-electron chi connectivity index (χ2n) is 8.50. The van der Waals surface area contributed by atoms with E-state index < -0.39 is 0 Å². The minimum absolute atomic E-state index is 0.0430. The van der Waals surface area contributed by atoms with Crippen molar-refractivity contribution in [2.45, 2.75) is 45.6 Å². The molecule has 4 nitrogen and oxygen atoms in total. The van der Waals surface area contributed by atoms with E-state index in [9.17, 15) is 4.79 Å². The first kappa shape index (κ1) is 18.8. The zero-order chi connectivity index (χ0) is 20.0. The van der Waals surface area contributed by atoms with Crippen molar-refractivity contribution in [2.24, 2.45) is 5.92 Å². The quantitative estimate of drug-likeness (QED) is 0.670. The lowest BCUT2D eigenvalue weighted by Gasteiger charge is -2.31. The Labute approximate surface area is 175 Å². The summed E-state index contributed by atoms with van der Waals surface area (Å²) >= 11 is 1.73. The molecule has 2 aliphatic rings. The standard InChI is InChI=1S/C24H27N3OS/c1-15-8-9-19-20(14-15)29-24-21(19)23(28)25-22(26-24)16(2)27-12-10-18(11-13-27)17-6-4-3-5-7-17/h3-7,10,15-16H,8-9,11-14H2,1-2H3,(H,25,26,28)/t15-,16-/m1/s1. The fourth-order valence-corrected chi connectivity index (χ4v) is 6.08. The summed E-state index contributed by atoms with van der Waals surface area (Å²) in [6, 6.07) is 10.7. The van der Waals surface area contributed by atoms with Crippen LogP contribution in [0.2, 0.25) is 0 Å². The monoisotopic (exact) mass is 405 g/mol. The Morgan fingerprint density at radius 3 is 2.83 bits per heavy atom. The van der Waals surface area contributed by atoms with Crippen molar-refractivity contribution in [1.82, 2.24) is 14.9 Å². The zero-order valence-corrected chi connectivity index (χ0v) is 17.9. The summed E-state index contributed by atoms with van der Waals surface area (Å²) < 4.78 is 0. The van der Waals surface area contributed by atoms with Gasteiger partial charge in [0.1, 0.15) is 10.7 Å². The van der Waals surface area contributed by atoms with Crippen LogP contribution in [0.15, 0.2) is 41.2 Å². The number of thiophene rings is 1. The van der Waals surface area contributed by atoms with Crippen LogP contribution in [-0.4, -0.2) is 28.0 Å². The van der Waals surface area contributed by atoms with Crippen molar-refractivity contribution >= 4 is 27.1 Å². The van der Waals surface area contributed by atoms with Crippen LogP contribution in [0.4, 0.5) is 0 Å². The van der Waals surface area contributed by atoms with Crippen LogP contribution in [0.1, 0.15) is 54.6 Å². The van der Waals surface area contributed by atoms with E-state index in [-0.39, 0.29) is 11.6 Å². The number of aryl methyl sites for hydroxylation is 1. The number of rotatable bonds is 3. The number of aromatic amines is 1. The first-order valence-electron chi connectivity index (χ1n) is 10.6. The van der Waals surface area contributed by atoms with Gasteiger partial charge in [0.25, 0.3) is 5.56 Å². The molecule has 29 heavy (non-hydrogen) atoms. The Kier molecular flexibility index (Phi) is 4.88. The summed E-state index contributed by atoms with van der Waals surface area (Å²) in [5.41, 5.74) is 4.02. The minimum atomic E-state index is 0.0430. The molecule has 0 unspecified atom stereocenters. The van der Waals surface area contributed by atoms with E-state index in [1.807, 2.05) is 0 Å². The number of nitrogens with one attached hydrogen (secondary N) is 1. The molecule has 0 bridgehead atoms. The summed E-state index contributed by atoms with van der Waals surface area (Å²) in [6.45, 7) is 6.31. The Hall–Kier alpha value is -2.24. The molecule has 2 aromatic heterocycles. The van der Waals surface area contributed by atoms with Gasteiger partial charge in [0, 0.05) is 18.0 Å². The number of benzene rings is 1. The van der Waals surface area contributed by atoms with Gasteiger partial charge in [0.15, 0.2) is 0 Å². The molecular formula is C24H27N3OS. The van der Waals surface area contributed by atoms with E-state index in [1.54, 1.807) is 11.3 Å². The number of hydrogen-bond donors (Lipinski definition) is 1. The van der Waals surface area contributed by atoms with E-state index in [0.29, 0.717) is 5.92 Å². The predicted molar refractivity (Wildman–Crippen MR) is 120 cm³/mol. The van der Waals surface area contributed by atoms with Gasteiger partial charge < -0.3 is 4.98 Å². The number of aromatic nitrogens is 2. The summed E-state index contributed by atoms with van der Waals surface area (Å²) in [4.78, 5) is 25.6. The van der Waals surface area contributed by atoms with E-state index in [1.165, 1.54) is 28.0 Å². The van der Waals surface area contributed by atoms with Crippen molar-refractivity contribution in [3.8, 4) is 0 Å². The Morgan fingerprint density at radius 2 is 2.07 bits per heavy atom. The van der Waals surface area contributed by atoms with Crippen molar-refractivity contribution in [3.63, 3.8) is 0 Å². The summed E-state index contributed by atoms with van der Waals surface area (Å²) in [6.07, 6.45) is 6.60. The van der Waals surface area contributed by atoms with Crippen LogP contribution in [-0.2, 0) is 12.8 Å². The molecule has 0 fully saturated rings. The van der Waals surface area contributed by atoms with Crippen molar-refractivity contribution in [1.29, 1.82) is 0 Å². The molecule has 3 aromatic rings. The number of nitrogens with zero attached hydrogens (tertiary/aromatic N) is 2. The molecule has 0 spiro atoms. The zero-order valence-electron chi connectivity index (χ0n) is 17.1. The molecule has 5 heteroatoms. The summed E-state index contributed by atoms with van der Waals surface area (Å²) in [5, 5.41) is 0.845. The molecule has 0 radical (unpaired) electrons. The highest BCUT2D eigenvalue weighted by Gasteiger charge is 2.25. The van der Waals surface area contributed by atoms with E-state index in [4.69, 9.17) is 4.98 Å². The van der Waals surface area contributed by atoms with E-state index in [0.717, 1.165) is 48.4 Å². The highest BCUT2D eigenvalue weighted by molar-refractivity contribution is 7.18. The summed E-state index contributed by atoms with van der Waals surface area (Å²) in [7, 11) is 0. The maximum absolute atomic E-state index is 12.9. The third-order valence-electron chi connectivity index (χ3n) is 6.51. The highest BCUT2D eigenvalue weighted by Crippen LogP contribution is 2.36. The first-order valence-corrected chi connectivity index (χ1v) is 11.4. The lowest BCUT2D eigenvalue weighted by Crippen LogP contribution is -2.33. The predicted octanol–water partition coefficient (Wildman–Crippen LogP) is 4.96. The number of H-pyrrole nitrogens is 1. The van der Waals surface area contributed by atoms with Crippen LogP contribution in [0.5, 0.6) is 0 Å². The average molecular weight is 406 g/mol. The normalized spacial score (nSPS) is 21.0. The maximum atomic E-state index is 12.9. The summed E-state index contributed by atoms with van der Waals surface area (Å²) in [5.74, 6) is 1.50. The third kappa shape index (κ3) is 3.47. The molecule has 0 amide bonds. The minimum Gasteiger partial charge on any atom is -0.309 e. The molecule has 1 aromatic carbocycles. The fraction of sp³-hybridized carbons (Fsp3) is 0.417. The van der Waals surface area contributed by atoms with Crippen molar-refractivity contribution < 1.29 is 0 Å². The smallest absolute Gasteiger partial charge is 0.259 e. The lowest BCUT2D eigenvalue weighted by molar-refractivity contribution is 0.225. The van der Waals surface area contributed by atoms with Crippen LogP contribution in [0.3, 0.4) is 0 Å². The molecular weight excluding hydrogens is 378 g/mol. The highest BCUT2D eigenvalue weighted by atomic mass is 32.1. The van der Waals surface area contributed by atoms with Crippen LogP contribution < -0.4 is 5.56 Å². The SMILES string of the molecule is C[C@@H]1CCc2c(sc3nc([C@@H](C)N4CC=C(c5ccccc5)CC4)[nH]c(=O)c23)C1. The van der Waals surface area contributed by atoms with Crippen molar-refractivity contribution in [3.05, 3.63) is 68.6 Å². The lowest BCUT2D eigenvalue weighted by atomic mass is 9.89. The number of fused-ring (bicyclic) bond motifs is 3. The van der Waals surface area contributed by atoms with Crippen LogP contribution in [0, 0.1) is 5.92 Å². The van der Waals surface area contributed by atoms with Gasteiger partial charge in [-0.05, 0) is 55.2 Å². The second-order valence-corrected chi connectivity index (χ2v) is 9.58. The Balaban J connectivity index is 1.41. The fourth-order valence-electron chi connectivity index (χ4n) is 4.69. The van der Waals surface area contributed by atoms with Gasteiger partial charge in [0.05, 0.1) is 11.4 Å². The molecule has 3 heterocycles.